The Morgan fingerprint density at radius 1 is 0.914 bits per heavy atom. The van der Waals surface area contributed by atoms with Crippen LogP contribution in [0.15, 0.2) is 69.9 Å². The molecule has 0 unspecified atom stereocenters. The van der Waals surface area contributed by atoms with Crippen molar-refractivity contribution in [3.8, 4) is 22.8 Å². The lowest BCUT2D eigenvalue weighted by atomic mass is 9.86. The summed E-state index contributed by atoms with van der Waals surface area (Å²) in [4.78, 5) is 26.4. The molecular weight excluding hydrogens is 440 g/mol. The van der Waals surface area contributed by atoms with E-state index in [1.165, 1.54) is 0 Å². The van der Waals surface area contributed by atoms with Crippen molar-refractivity contribution in [2.24, 2.45) is 0 Å². The van der Waals surface area contributed by atoms with E-state index in [0.29, 0.717) is 22.3 Å². The number of carbonyl (C=O) groups is 1. The monoisotopic (exact) mass is 470 g/mol. The minimum Gasteiger partial charge on any atom is -0.497 e. The molecule has 0 spiro atoms. The van der Waals surface area contributed by atoms with Crippen LogP contribution < -0.4 is 14.9 Å². The fraction of sp³-hybridized carbons (Fsp3) is 0.267. The van der Waals surface area contributed by atoms with Gasteiger partial charge in [-0.05, 0) is 65.8 Å². The van der Waals surface area contributed by atoms with Crippen molar-refractivity contribution >= 4 is 16.9 Å². The molecule has 3 aromatic carbocycles. The quantitative estimate of drug-likeness (QED) is 0.310. The third-order valence-electron chi connectivity index (χ3n) is 6.20. The topological polar surface area (TPSA) is 65.7 Å². The molecule has 180 valence electrons. The number of hydrogen-bond donors (Lipinski definition) is 0. The molecule has 0 saturated carbocycles. The fourth-order valence-corrected chi connectivity index (χ4v) is 3.90. The summed E-state index contributed by atoms with van der Waals surface area (Å²) >= 11 is 0. The Kier molecular flexibility index (Phi) is 6.53. The minimum atomic E-state index is -0.543. The van der Waals surface area contributed by atoms with Gasteiger partial charge in [-0.3, -0.25) is 9.59 Å². The van der Waals surface area contributed by atoms with Gasteiger partial charge in [-0.2, -0.15) is 0 Å². The van der Waals surface area contributed by atoms with Gasteiger partial charge in [0, 0.05) is 5.56 Å². The van der Waals surface area contributed by atoms with Crippen molar-refractivity contribution in [3.63, 3.8) is 0 Å². The number of fused-ring (bicyclic) bond motifs is 1. The Morgan fingerprint density at radius 3 is 2.14 bits per heavy atom. The number of aryl methyl sites for hydroxylation is 2. The predicted molar refractivity (Wildman–Crippen MR) is 138 cm³/mol. The average Bonchev–Trinajstić information content (AvgIpc) is 2.82. The molecule has 0 amide bonds. The number of benzene rings is 3. The Labute approximate surface area is 205 Å². The number of hydrogen-bond acceptors (Lipinski definition) is 5. The zero-order valence-electron chi connectivity index (χ0n) is 21.0. The molecular formula is C30H30O5. The second kappa shape index (κ2) is 9.41. The van der Waals surface area contributed by atoms with Gasteiger partial charge in [-0.1, -0.05) is 57.2 Å². The molecule has 0 aliphatic carbocycles. The van der Waals surface area contributed by atoms with E-state index in [-0.39, 0.29) is 28.8 Å². The summed E-state index contributed by atoms with van der Waals surface area (Å²) in [6, 6.07) is 18.6. The van der Waals surface area contributed by atoms with E-state index in [2.05, 4.69) is 20.8 Å². The summed E-state index contributed by atoms with van der Waals surface area (Å²) in [5, 5.41) is 0.385. The number of esters is 1. The van der Waals surface area contributed by atoms with E-state index < -0.39 is 5.97 Å². The van der Waals surface area contributed by atoms with Gasteiger partial charge in [0.25, 0.3) is 0 Å². The van der Waals surface area contributed by atoms with Gasteiger partial charge in [-0.15, -0.1) is 0 Å². The van der Waals surface area contributed by atoms with Gasteiger partial charge < -0.3 is 13.9 Å². The number of methoxy groups -OCH3 is 1. The molecule has 0 saturated heterocycles. The van der Waals surface area contributed by atoms with Crippen molar-refractivity contribution in [1.82, 2.24) is 0 Å². The van der Waals surface area contributed by atoms with Crippen molar-refractivity contribution in [2.75, 3.05) is 7.11 Å². The van der Waals surface area contributed by atoms with Crippen LogP contribution in [0.2, 0.25) is 0 Å². The predicted octanol–water partition coefficient (Wildman–Crippen LogP) is 6.53. The highest BCUT2D eigenvalue weighted by Gasteiger charge is 2.22. The minimum absolute atomic E-state index is 0.0107. The van der Waals surface area contributed by atoms with Gasteiger partial charge in [0.1, 0.15) is 11.3 Å². The average molecular weight is 471 g/mol. The Morgan fingerprint density at radius 2 is 1.54 bits per heavy atom. The van der Waals surface area contributed by atoms with Crippen LogP contribution in [-0.2, 0) is 16.6 Å². The lowest BCUT2D eigenvalue weighted by molar-refractivity contribution is -0.133. The summed E-state index contributed by atoms with van der Waals surface area (Å²) in [5.41, 5.74) is 4.61. The number of rotatable bonds is 5. The highest BCUT2D eigenvalue weighted by atomic mass is 16.5. The van der Waals surface area contributed by atoms with Crippen LogP contribution in [-0.4, -0.2) is 13.1 Å². The molecule has 4 aromatic rings. The van der Waals surface area contributed by atoms with Crippen LogP contribution in [0, 0.1) is 13.8 Å². The lowest BCUT2D eigenvalue weighted by Crippen LogP contribution is -2.18. The molecule has 5 heteroatoms. The largest absolute Gasteiger partial charge is 0.497 e. The molecule has 0 atom stereocenters. The molecule has 0 aliphatic heterocycles. The zero-order chi connectivity index (χ0) is 25.3. The molecule has 0 bridgehead atoms. The van der Waals surface area contributed by atoms with Crippen LogP contribution in [0.4, 0.5) is 0 Å². The van der Waals surface area contributed by atoms with E-state index in [1.54, 1.807) is 37.4 Å². The van der Waals surface area contributed by atoms with Crippen molar-refractivity contribution in [3.05, 3.63) is 93.1 Å². The van der Waals surface area contributed by atoms with Gasteiger partial charge in [0.15, 0.2) is 5.76 Å². The zero-order valence-corrected chi connectivity index (χ0v) is 21.0. The molecule has 0 radical (unpaired) electrons. The molecule has 5 nitrogen and oxygen atoms in total. The van der Waals surface area contributed by atoms with Gasteiger partial charge in [0.2, 0.25) is 11.2 Å². The van der Waals surface area contributed by atoms with Crippen LogP contribution in [0.1, 0.15) is 43.0 Å². The lowest BCUT2D eigenvalue weighted by Gasteiger charge is -2.19. The fourth-order valence-electron chi connectivity index (χ4n) is 3.90. The summed E-state index contributed by atoms with van der Waals surface area (Å²) in [7, 11) is 1.58. The number of ether oxygens (including phenoxy) is 2. The number of carbonyl (C=O) groups excluding carboxylic acids is 1. The first-order chi connectivity index (χ1) is 16.6. The summed E-state index contributed by atoms with van der Waals surface area (Å²) in [6.07, 6.45) is 0.0107. The first-order valence-electron chi connectivity index (χ1n) is 11.6. The molecule has 0 aliphatic rings. The molecule has 1 heterocycles. The molecule has 1 aromatic heterocycles. The van der Waals surface area contributed by atoms with Crippen LogP contribution in [0.5, 0.6) is 11.5 Å². The smallest absolute Gasteiger partial charge is 0.315 e. The maximum atomic E-state index is 13.5. The Hall–Kier alpha value is -3.86. The van der Waals surface area contributed by atoms with Crippen molar-refractivity contribution in [1.29, 1.82) is 0 Å². The summed E-state index contributed by atoms with van der Waals surface area (Å²) in [6.45, 7) is 10.3. The van der Waals surface area contributed by atoms with Crippen LogP contribution in [0.25, 0.3) is 22.3 Å². The van der Waals surface area contributed by atoms with Gasteiger partial charge in [-0.25, -0.2) is 0 Å². The first-order valence-corrected chi connectivity index (χ1v) is 11.6. The van der Waals surface area contributed by atoms with E-state index in [4.69, 9.17) is 13.9 Å². The van der Waals surface area contributed by atoms with Crippen LogP contribution >= 0.6 is 0 Å². The second-order valence-corrected chi connectivity index (χ2v) is 9.85. The normalized spacial score (nSPS) is 11.5. The first kappa shape index (κ1) is 24.3. The van der Waals surface area contributed by atoms with Gasteiger partial charge >= 0.3 is 5.97 Å². The Bertz CT molecular complexity index is 1440. The van der Waals surface area contributed by atoms with E-state index in [1.807, 2.05) is 44.2 Å². The summed E-state index contributed by atoms with van der Waals surface area (Å²) in [5.74, 6) is 0.305. The van der Waals surface area contributed by atoms with Crippen molar-refractivity contribution in [2.45, 2.75) is 46.5 Å². The maximum Gasteiger partial charge on any atom is 0.315 e. The third-order valence-corrected chi connectivity index (χ3v) is 6.20. The summed E-state index contributed by atoms with van der Waals surface area (Å²) < 4.78 is 17.1. The SMILES string of the molecule is COc1ccc(CC(=O)Oc2c(-c3ccc(C(C)(C)C)cc3)oc3cc(C)c(C)cc3c2=O)cc1. The highest BCUT2D eigenvalue weighted by molar-refractivity contribution is 5.85. The molecule has 35 heavy (non-hydrogen) atoms. The van der Waals surface area contributed by atoms with Crippen molar-refractivity contribution < 1.29 is 18.7 Å². The van der Waals surface area contributed by atoms with E-state index in [9.17, 15) is 9.59 Å². The van der Waals surface area contributed by atoms with E-state index >= 15 is 0 Å². The Balaban J connectivity index is 1.79. The molecule has 0 fully saturated rings. The van der Waals surface area contributed by atoms with E-state index in [0.717, 1.165) is 22.3 Å². The van der Waals surface area contributed by atoms with Gasteiger partial charge in [0.05, 0.1) is 18.9 Å². The molecule has 0 N–H and O–H groups in total. The van der Waals surface area contributed by atoms with Crippen LogP contribution in [0.3, 0.4) is 0 Å². The maximum absolute atomic E-state index is 13.5. The highest BCUT2D eigenvalue weighted by Crippen LogP contribution is 2.33. The molecule has 4 rings (SSSR count). The third kappa shape index (κ3) is 5.14. The second-order valence-electron chi connectivity index (χ2n) is 9.85. The standard InChI is InChI=1S/C30H30O5/c1-18-15-24-25(16-19(18)2)34-28(21-9-11-22(12-10-21)30(3,4)5)29(27(24)32)35-26(31)17-20-7-13-23(33-6)14-8-20/h7-16H,17H2,1-6H3.